The third-order valence-electron chi connectivity index (χ3n) is 9.46. The molecule has 4 heteroatoms. The highest BCUT2D eigenvalue weighted by Crippen LogP contribution is 2.65. The minimum absolute atomic E-state index is 0.00418. The number of allylic oxidation sites excluding steroid dienone is 1. The van der Waals surface area contributed by atoms with Crippen LogP contribution in [0.3, 0.4) is 0 Å². The molecular formula is C26H42O4. The van der Waals surface area contributed by atoms with Gasteiger partial charge in [0.15, 0.2) is 0 Å². The Balaban J connectivity index is 1.38. The van der Waals surface area contributed by atoms with E-state index in [1.807, 2.05) is 0 Å². The van der Waals surface area contributed by atoms with Crippen molar-refractivity contribution in [1.82, 2.24) is 0 Å². The molecule has 0 aliphatic heterocycles. The second kappa shape index (κ2) is 8.84. The van der Waals surface area contributed by atoms with E-state index in [2.05, 4.69) is 26.8 Å². The van der Waals surface area contributed by atoms with Gasteiger partial charge in [-0.1, -0.05) is 51.7 Å². The zero-order valence-electron chi connectivity index (χ0n) is 19.3. The van der Waals surface area contributed by atoms with Crippen LogP contribution in [0.1, 0.15) is 97.8 Å². The van der Waals surface area contributed by atoms with Crippen LogP contribution in [0.2, 0.25) is 0 Å². The Morgan fingerprint density at radius 1 is 1.07 bits per heavy atom. The average Bonchev–Trinajstić information content (AvgIpc) is 3.04. The molecule has 4 aliphatic carbocycles. The van der Waals surface area contributed by atoms with Gasteiger partial charge < -0.3 is 14.6 Å². The second-order valence-electron chi connectivity index (χ2n) is 11.0. The molecule has 0 amide bonds. The van der Waals surface area contributed by atoms with Gasteiger partial charge in [0, 0.05) is 5.41 Å². The normalized spacial score (nSPS) is 42.5. The number of aliphatic hydroxyl groups excluding tert-OH is 1. The summed E-state index contributed by atoms with van der Waals surface area (Å²) in [5.41, 5.74) is 1.87. The van der Waals surface area contributed by atoms with Crippen molar-refractivity contribution in [3.8, 4) is 0 Å². The minimum atomic E-state index is -0.456. The molecule has 3 fully saturated rings. The predicted octanol–water partition coefficient (Wildman–Crippen LogP) is 6.41. The van der Waals surface area contributed by atoms with Gasteiger partial charge in [-0.15, -0.1) is 0 Å². The summed E-state index contributed by atoms with van der Waals surface area (Å²) in [6, 6.07) is 0. The zero-order chi connectivity index (χ0) is 21.4. The van der Waals surface area contributed by atoms with E-state index in [-0.39, 0.29) is 23.0 Å². The summed E-state index contributed by atoms with van der Waals surface area (Å²) in [4.78, 5) is 12.3. The van der Waals surface area contributed by atoms with E-state index < -0.39 is 6.16 Å². The average molecular weight is 419 g/mol. The molecule has 30 heavy (non-hydrogen) atoms. The summed E-state index contributed by atoms with van der Waals surface area (Å²) in [5.74, 6) is 2.08. The van der Waals surface area contributed by atoms with Gasteiger partial charge in [-0.3, -0.25) is 0 Å². The molecule has 4 aliphatic rings. The molecule has 1 N–H and O–H groups in total. The largest absolute Gasteiger partial charge is 0.508 e. The fourth-order valence-electron chi connectivity index (χ4n) is 7.69. The number of fused-ring (bicyclic) bond motifs is 5. The first-order valence-electron chi connectivity index (χ1n) is 12.6. The molecule has 4 nitrogen and oxygen atoms in total. The fourth-order valence-corrected chi connectivity index (χ4v) is 7.69. The Labute approximate surface area is 182 Å². The molecule has 0 bridgehead atoms. The van der Waals surface area contributed by atoms with E-state index in [0.29, 0.717) is 18.4 Å². The monoisotopic (exact) mass is 418 g/mol. The molecule has 0 unspecified atom stereocenters. The maximum absolute atomic E-state index is 12.3. The van der Waals surface area contributed by atoms with E-state index >= 15 is 0 Å². The van der Waals surface area contributed by atoms with Gasteiger partial charge >= 0.3 is 6.16 Å². The third-order valence-corrected chi connectivity index (χ3v) is 9.46. The van der Waals surface area contributed by atoms with Crippen LogP contribution in [0.15, 0.2) is 11.6 Å². The molecular weight excluding hydrogens is 376 g/mol. The van der Waals surface area contributed by atoms with Crippen LogP contribution >= 0.6 is 0 Å². The number of unbranched alkanes of at least 4 members (excludes halogenated alkanes) is 3. The van der Waals surface area contributed by atoms with E-state index in [1.165, 1.54) is 37.7 Å². The molecule has 0 aromatic carbocycles. The minimum Gasteiger partial charge on any atom is -0.434 e. The molecule has 3 saturated carbocycles. The first-order valence-corrected chi connectivity index (χ1v) is 12.6. The molecule has 0 spiro atoms. The van der Waals surface area contributed by atoms with E-state index in [1.54, 1.807) is 0 Å². The summed E-state index contributed by atoms with van der Waals surface area (Å²) in [5, 5.41) is 10.1. The van der Waals surface area contributed by atoms with E-state index in [9.17, 15) is 9.90 Å². The van der Waals surface area contributed by atoms with Gasteiger partial charge in [-0.2, -0.15) is 0 Å². The maximum atomic E-state index is 12.3. The highest BCUT2D eigenvalue weighted by molar-refractivity contribution is 5.60. The Morgan fingerprint density at radius 2 is 1.90 bits per heavy atom. The Morgan fingerprint density at radius 3 is 2.70 bits per heavy atom. The number of aliphatic hydroxyl groups is 1. The number of hydrogen-bond acceptors (Lipinski definition) is 4. The van der Waals surface area contributed by atoms with Crippen LogP contribution < -0.4 is 0 Å². The molecule has 0 aromatic rings. The molecule has 0 saturated heterocycles. The van der Waals surface area contributed by atoms with Crippen molar-refractivity contribution < 1.29 is 19.4 Å². The Hall–Kier alpha value is -1.03. The van der Waals surface area contributed by atoms with E-state index in [4.69, 9.17) is 9.47 Å². The summed E-state index contributed by atoms with van der Waals surface area (Å²) >= 11 is 0. The van der Waals surface area contributed by atoms with Crippen molar-refractivity contribution in [2.24, 2.45) is 28.6 Å². The standard InChI is InChI=1S/C26H42O4/c1-4-5-6-7-16-29-24(28)30-23-11-10-21-20-9-8-18-17-19(27)12-14-25(18,2)22(20)13-15-26(21,23)3/h17,19-23,27H,4-16H2,1-3H3/t19-,20-,21-,22-,23-,25-,26-/m0/s1. The Bertz CT molecular complexity index is 657. The molecule has 0 aromatic heterocycles. The van der Waals surface area contributed by atoms with Gasteiger partial charge in [-0.05, 0) is 81.0 Å². The number of carbonyl (C=O) groups is 1. The summed E-state index contributed by atoms with van der Waals surface area (Å²) in [6.45, 7) is 7.50. The second-order valence-corrected chi connectivity index (χ2v) is 11.0. The van der Waals surface area contributed by atoms with Crippen molar-refractivity contribution in [3.05, 3.63) is 11.6 Å². The number of ether oxygens (including phenoxy) is 2. The van der Waals surface area contributed by atoms with Crippen molar-refractivity contribution in [2.75, 3.05) is 6.61 Å². The van der Waals surface area contributed by atoms with Crippen molar-refractivity contribution in [2.45, 2.75) is 110 Å². The molecule has 0 radical (unpaired) electrons. The van der Waals surface area contributed by atoms with Gasteiger partial charge in [0.05, 0.1) is 12.7 Å². The lowest BCUT2D eigenvalue weighted by atomic mass is 9.47. The smallest absolute Gasteiger partial charge is 0.434 e. The highest BCUT2D eigenvalue weighted by Gasteiger charge is 2.60. The zero-order valence-corrected chi connectivity index (χ0v) is 19.3. The summed E-state index contributed by atoms with van der Waals surface area (Å²) in [7, 11) is 0. The van der Waals surface area contributed by atoms with Crippen molar-refractivity contribution in [1.29, 1.82) is 0 Å². The van der Waals surface area contributed by atoms with Crippen LogP contribution in [0.5, 0.6) is 0 Å². The van der Waals surface area contributed by atoms with Gasteiger partial charge in [0.1, 0.15) is 6.10 Å². The first-order chi connectivity index (χ1) is 14.4. The summed E-state index contributed by atoms with van der Waals surface area (Å²) < 4.78 is 11.3. The number of hydrogen-bond donors (Lipinski definition) is 1. The SMILES string of the molecule is CCCCCCOC(=O)O[C@H]1CC[C@H]2[C@@H]3CCC4=C[C@@H](O)CC[C@]4(C)[C@H]3CC[C@]12C. The predicted molar refractivity (Wildman–Crippen MR) is 118 cm³/mol. The molecule has 0 heterocycles. The van der Waals surface area contributed by atoms with Gasteiger partial charge in [0.2, 0.25) is 0 Å². The van der Waals surface area contributed by atoms with Crippen LogP contribution in [-0.4, -0.2) is 30.1 Å². The van der Waals surface area contributed by atoms with Crippen LogP contribution in [-0.2, 0) is 9.47 Å². The molecule has 4 rings (SSSR count). The van der Waals surface area contributed by atoms with Crippen LogP contribution in [0, 0.1) is 28.6 Å². The topological polar surface area (TPSA) is 55.8 Å². The fraction of sp³-hybridized carbons (Fsp3) is 0.885. The van der Waals surface area contributed by atoms with Crippen LogP contribution in [0.4, 0.5) is 4.79 Å². The summed E-state index contributed by atoms with van der Waals surface area (Å²) in [6.07, 6.45) is 14.8. The molecule has 170 valence electrons. The van der Waals surface area contributed by atoms with E-state index in [0.717, 1.165) is 50.9 Å². The lowest BCUT2D eigenvalue weighted by molar-refractivity contribution is -0.0886. The van der Waals surface area contributed by atoms with Gasteiger partial charge in [0.25, 0.3) is 0 Å². The lowest BCUT2D eigenvalue weighted by Crippen LogP contribution is -2.51. The third kappa shape index (κ3) is 3.94. The quantitative estimate of drug-likeness (QED) is 0.307. The van der Waals surface area contributed by atoms with Crippen LogP contribution in [0.25, 0.3) is 0 Å². The number of carbonyl (C=O) groups excluding carboxylic acids is 1. The highest BCUT2D eigenvalue weighted by atomic mass is 16.7. The number of rotatable bonds is 6. The molecule has 7 atom stereocenters. The Kier molecular flexibility index (Phi) is 6.53. The van der Waals surface area contributed by atoms with Crippen molar-refractivity contribution in [3.63, 3.8) is 0 Å². The van der Waals surface area contributed by atoms with Gasteiger partial charge in [-0.25, -0.2) is 4.79 Å². The maximum Gasteiger partial charge on any atom is 0.508 e. The first kappa shape index (κ1) is 22.2. The van der Waals surface area contributed by atoms with Crippen molar-refractivity contribution >= 4 is 6.16 Å². The lowest BCUT2D eigenvalue weighted by Gasteiger charge is -2.58.